The molecule has 0 saturated carbocycles. The molecule has 2 aromatic rings. The fourth-order valence-electron chi connectivity index (χ4n) is 3.08. The lowest BCUT2D eigenvalue weighted by Crippen LogP contribution is -2.45. The van der Waals surface area contributed by atoms with Gasteiger partial charge in [0.05, 0.1) is 17.5 Å². The highest BCUT2D eigenvalue weighted by atomic mass is 19.4. The van der Waals surface area contributed by atoms with Gasteiger partial charge in [0.2, 0.25) is 0 Å². The number of hydrogen-bond acceptors (Lipinski definition) is 3. The normalized spacial score (nSPS) is 17.6. The molecular weight excluding hydrogens is 335 g/mol. The molecular formula is C17H18F3N3O2. The molecule has 1 aliphatic rings. The molecule has 1 aromatic carbocycles. The summed E-state index contributed by atoms with van der Waals surface area (Å²) in [5.74, 6) is -0.246. The van der Waals surface area contributed by atoms with Crippen molar-refractivity contribution in [3.63, 3.8) is 0 Å². The number of alkyl halides is 3. The van der Waals surface area contributed by atoms with Gasteiger partial charge in [-0.1, -0.05) is 12.1 Å². The second-order valence-electron chi connectivity index (χ2n) is 6.28. The highest BCUT2D eigenvalue weighted by Crippen LogP contribution is 2.37. The number of aromatic amines is 1. The Hall–Kier alpha value is -2.35. The number of nitrogens with one attached hydrogen (secondary N) is 1. The van der Waals surface area contributed by atoms with E-state index in [0.29, 0.717) is 11.4 Å². The Bertz CT molecular complexity index is 777. The van der Waals surface area contributed by atoms with E-state index in [1.54, 1.807) is 11.8 Å². The molecule has 1 saturated heterocycles. The molecule has 0 unspecified atom stereocenters. The number of aromatic nitrogens is 2. The smallest absolute Gasteiger partial charge is 0.385 e. The van der Waals surface area contributed by atoms with E-state index in [1.165, 1.54) is 18.5 Å². The van der Waals surface area contributed by atoms with Crippen molar-refractivity contribution < 1.29 is 23.1 Å². The van der Waals surface area contributed by atoms with Gasteiger partial charge in [0, 0.05) is 18.8 Å². The number of carbonyl (C=O) groups is 1. The van der Waals surface area contributed by atoms with Crippen molar-refractivity contribution in [1.29, 1.82) is 0 Å². The fourth-order valence-corrected chi connectivity index (χ4v) is 3.08. The first-order valence-corrected chi connectivity index (χ1v) is 7.90. The van der Waals surface area contributed by atoms with Crippen molar-refractivity contribution >= 4 is 5.91 Å². The van der Waals surface area contributed by atoms with Crippen molar-refractivity contribution in [2.24, 2.45) is 0 Å². The molecule has 1 aromatic heterocycles. The van der Waals surface area contributed by atoms with Crippen LogP contribution in [0.1, 0.15) is 40.2 Å². The molecule has 5 nitrogen and oxygen atoms in total. The highest BCUT2D eigenvalue weighted by molar-refractivity contribution is 5.93. The molecule has 1 aliphatic heterocycles. The zero-order chi connectivity index (χ0) is 18.2. The molecule has 134 valence electrons. The van der Waals surface area contributed by atoms with Gasteiger partial charge in [-0.05, 0) is 37.5 Å². The summed E-state index contributed by atoms with van der Waals surface area (Å²) in [5, 5.41) is 10.8. The van der Waals surface area contributed by atoms with Crippen LogP contribution < -0.4 is 0 Å². The number of aryl methyl sites for hydroxylation is 1. The van der Waals surface area contributed by atoms with Gasteiger partial charge in [-0.3, -0.25) is 4.79 Å². The summed E-state index contributed by atoms with van der Waals surface area (Å²) >= 11 is 0. The monoisotopic (exact) mass is 353 g/mol. The summed E-state index contributed by atoms with van der Waals surface area (Å²) in [6, 6.07) is 4.74. The summed E-state index contributed by atoms with van der Waals surface area (Å²) in [5.41, 5.74) is -0.957. The van der Waals surface area contributed by atoms with Crippen molar-refractivity contribution in [3.8, 4) is 0 Å². The van der Waals surface area contributed by atoms with Crippen LogP contribution in [-0.4, -0.2) is 39.0 Å². The molecule has 1 amide bonds. The first-order chi connectivity index (χ1) is 11.7. The van der Waals surface area contributed by atoms with E-state index in [9.17, 15) is 23.1 Å². The van der Waals surface area contributed by atoms with Gasteiger partial charge in [-0.15, -0.1) is 0 Å². The number of amides is 1. The third-order valence-corrected chi connectivity index (χ3v) is 4.64. The molecule has 8 heteroatoms. The van der Waals surface area contributed by atoms with Crippen LogP contribution in [0.2, 0.25) is 0 Å². The summed E-state index contributed by atoms with van der Waals surface area (Å²) < 4.78 is 38.6. The number of likely N-dealkylation sites (tertiary alicyclic amines) is 1. The number of imidazole rings is 1. The molecule has 0 aliphatic carbocycles. The summed E-state index contributed by atoms with van der Waals surface area (Å²) in [7, 11) is 0. The number of carbonyl (C=O) groups excluding carboxylic acids is 1. The summed E-state index contributed by atoms with van der Waals surface area (Å²) in [6.45, 7) is 2.24. The number of benzene rings is 1. The number of nitrogens with zero attached hydrogens (tertiary/aromatic N) is 2. The second kappa shape index (κ2) is 6.18. The van der Waals surface area contributed by atoms with E-state index in [2.05, 4.69) is 9.97 Å². The molecule has 1 fully saturated rings. The van der Waals surface area contributed by atoms with E-state index < -0.39 is 17.3 Å². The van der Waals surface area contributed by atoms with Crippen LogP contribution in [0.5, 0.6) is 0 Å². The SMILES string of the molecule is Cc1[nH]cnc1C(=O)N1CCC(O)(c2cccc(C(F)(F)F)c2)CC1. The van der Waals surface area contributed by atoms with Crippen LogP contribution in [0.25, 0.3) is 0 Å². The molecule has 25 heavy (non-hydrogen) atoms. The largest absolute Gasteiger partial charge is 0.416 e. The Morgan fingerprint density at radius 2 is 2.00 bits per heavy atom. The zero-order valence-electron chi connectivity index (χ0n) is 13.6. The maximum atomic E-state index is 12.9. The number of hydrogen-bond donors (Lipinski definition) is 2. The average Bonchev–Trinajstić information content (AvgIpc) is 3.00. The number of rotatable bonds is 2. The number of halogens is 3. The lowest BCUT2D eigenvalue weighted by atomic mass is 9.83. The van der Waals surface area contributed by atoms with E-state index >= 15 is 0 Å². The molecule has 0 spiro atoms. The predicted molar refractivity (Wildman–Crippen MR) is 83.8 cm³/mol. The average molecular weight is 353 g/mol. The van der Waals surface area contributed by atoms with E-state index in [-0.39, 0.29) is 37.4 Å². The topological polar surface area (TPSA) is 69.2 Å². The first kappa shape index (κ1) is 17.5. The Labute approximate surface area is 142 Å². The fraction of sp³-hybridized carbons (Fsp3) is 0.412. The Morgan fingerprint density at radius 1 is 1.32 bits per heavy atom. The van der Waals surface area contributed by atoms with Gasteiger partial charge in [0.1, 0.15) is 5.69 Å². The molecule has 3 rings (SSSR count). The lowest BCUT2D eigenvalue weighted by molar-refractivity contribution is -0.137. The Balaban J connectivity index is 1.75. The molecule has 2 heterocycles. The molecule has 0 atom stereocenters. The maximum absolute atomic E-state index is 12.9. The van der Waals surface area contributed by atoms with Crippen molar-refractivity contribution in [3.05, 3.63) is 53.1 Å². The highest BCUT2D eigenvalue weighted by Gasteiger charge is 2.38. The van der Waals surface area contributed by atoms with Gasteiger partial charge in [0.25, 0.3) is 5.91 Å². The van der Waals surface area contributed by atoms with Crippen LogP contribution in [0.15, 0.2) is 30.6 Å². The molecule has 0 radical (unpaired) electrons. The number of piperidine rings is 1. The third-order valence-electron chi connectivity index (χ3n) is 4.64. The molecule has 0 bridgehead atoms. The standard InChI is InChI=1S/C17H18F3N3O2/c1-11-14(22-10-21-11)15(24)23-7-5-16(25,6-8-23)12-3-2-4-13(9-12)17(18,19)20/h2-4,9-10,25H,5-8H2,1H3,(H,21,22). The van der Waals surface area contributed by atoms with Gasteiger partial charge >= 0.3 is 6.18 Å². The molecule has 2 N–H and O–H groups in total. The first-order valence-electron chi connectivity index (χ1n) is 7.90. The lowest BCUT2D eigenvalue weighted by Gasteiger charge is -2.38. The van der Waals surface area contributed by atoms with Crippen LogP contribution in [0.3, 0.4) is 0 Å². The number of H-pyrrole nitrogens is 1. The second-order valence-corrected chi connectivity index (χ2v) is 6.28. The summed E-state index contributed by atoms with van der Waals surface area (Å²) in [6.07, 6.45) is -2.68. The van der Waals surface area contributed by atoms with Crippen molar-refractivity contribution in [2.45, 2.75) is 31.5 Å². The maximum Gasteiger partial charge on any atom is 0.416 e. The van der Waals surface area contributed by atoms with E-state index in [1.807, 2.05) is 0 Å². The predicted octanol–water partition coefficient (Wildman–Crippen LogP) is 2.86. The van der Waals surface area contributed by atoms with Crippen LogP contribution in [0, 0.1) is 6.92 Å². The van der Waals surface area contributed by atoms with Gasteiger partial charge in [-0.2, -0.15) is 13.2 Å². The minimum Gasteiger partial charge on any atom is -0.385 e. The summed E-state index contributed by atoms with van der Waals surface area (Å²) in [4.78, 5) is 20.8. The Morgan fingerprint density at radius 3 is 2.56 bits per heavy atom. The minimum atomic E-state index is -4.46. The van der Waals surface area contributed by atoms with Gasteiger partial charge < -0.3 is 15.0 Å². The van der Waals surface area contributed by atoms with Gasteiger partial charge in [0.15, 0.2) is 0 Å². The van der Waals surface area contributed by atoms with Crippen molar-refractivity contribution in [2.75, 3.05) is 13.1 Å². The van der Waals surface area contributed by atoms with E-state index in [0.717, 1.165) is 12.1 Å². The van der Waals surface area contributed by atoms with E-state index in [4.69, 9.17) is 0 Å². The zero-order valence-corrected chi connectivity index (χ0v) is 13.6. The Kier molecular flexibility index (Phi) is 4.32. The minimum absolute atomic E-state index is 0.170. The third kappa shape index (κ3) is 3.39. The van der Waals surface area contributed by atoms with Crippen molar-refractivity contribution in [1.82, 2.24) is 14.9 Å². The van der Waals surface area contributed by atoms with Crippen LogP contribution in [0.4, 0.5) is 13.2 Å². The van der Waals surface area contributed by atoms with Crippen LogP contribution in [-0.2, 0) is 11.8 Å². The number of aliphatic hydroxyl groups is 1. The van der Waals surface area contributed by atoms with Gasteiger partial charge in [-0.25, -0.2) is 4.98 Å². The van der Waals surface area contributed by atoms with Crippen LogP contribution >= 0.6 is 0 Å². The quantitative estimate of drug-likeness (QED) is 0.872.